The topological polar surface area (TPSA) is 58.2 Å². The lowest BCUT2D eigenvalue weighted by Crippen LogP contribution is -2.31. The first-order chi connectivity index (χ1) is 11.1. The predicted molar refractivity (Wildman–Crippen MR) is 92.8 cm³/mol. The van der Waals surface area contributed by atoms with Crippen LogP contribution in [0.1, 0.15) is 28.4 Å². The van der Waals surface area contributed by atoms with Crippen molar-refractivity contribution in [3.8, 4) is 0 Å². The van der Waals surface area contributed by atoms with E-state index in [-0.39, 0.29) is 18.2 Å². The average molecular weight is 310 g/mol. The number of hydrogen-bond acceptors (Lipinski definition) is 3. The van der Waals surface area contributed by atoms with E-state index in [0.29, 0.717) is 12.1 Å². The molecule has 0 saturated carbocycles. The van der Waals surface area contributed by atoms with E-state index in [1.54, 1.807) is 18.2 Å². The minimum absolute atomic E-state index is 0.0105. The number of carbonyl (C=O) groups is 2. The van der Waals surface area contributed by atoms with Crippen LogP contribution in [0.5, 0.6) is 0 Å². The summed E-state index contributed by atoms with van der Waals surface area (Å²) in [6.07, 6.45) is 0.818. The van der Waals surface area contributed by atoms with Crippen LogP contribution >= 0.6 is 0 Å². The molecule has 2 N–H and O–H groups in total. The maximum atomic E-state index is 11.9. The fourth-order valence-electron chi connectivity index (χ4n) is 2.32. The molecule has 1 amide bonds. The van der Waals surface area contributed by atoms with Crippen LogP contribution in [0.25, 0.3) is 0 Å². The van der Waals surface area contributed by atoms with E-state index in [2.05, 4.69) is 29.7 Å². The standard InChI is InChI=1S/C19H22N2O2/c1-14-6-3-4-7-16(14)10-11-20-19(23)13-21-18-9-5-8-17(12-18)15(2)22/h3-9,12,21H,10-11,13H2,1-2H3,(H,20,23). The second kappa shape index (κ2) is 8.13. The molecule has 2 rings (SSSR count). The van der Waals surface area contributed by atoms with Crippen LogP contribution < -0.4 is 10.6 Å². The van der Waals surface area contributed by atoms with Gasteiger partial charge in [0.15, 0.2) is 5.78 Å². The Kier molecular flexibility index (Phi) is 5.92. The maximum Gasteiger partial charge on any atom is 0.239 e. The Hall–Kier alpha value is -2.62. The number of Topliss-reactive ketones (excluding diaryl/α,β-unsaturated/α-hetero) is 1. The van der Waals surface area contributed by atoms with Crippen molar-refractivity contribution in [1.29, 1.82) is 0 Å². The van der Waals surface area contributed by atoms with Crippen LogP contribution in [0.2, 0.25) is 0 Å². The summed E-state index contributed by atoms with van der Waals surface area (Å²) in [5, 5.41) is 5.93. The zero-order valence-corrected chi connectivity index (χ0v) is 13.6. The molecule has 0 spiro atoms. The molecule has 2 aromatic carbocycles. The summed E-state index contributed by atoms with van der Waals surface area (Å²) >= 11 is 0. The van der Waals surface area contributed by atoms with Gasteiger partial charge in [0.2, 0.25) is 5.91 Å². The number of amides is 1. The number of nitrogens with one attached hydrogen (secondary N) is 2. The molecule has 0 bridgehead atoms. The van der Waals surface area contributed by atoms with E-state index in [1.807, 2.05) is 18.2 Å². The zero-order chi connectivity index (χ0) is 16.7. The van der Waals surface area contributed by atoms with Crippen LogP contribution in [0, 0.1) is 6.92 Å². The van der Waals surface area contributed by atoms with Crippen molar-refractivity contribution in [3.63, 3.8) is 0 Å². The molecule has 0 atom stereocenters. The summed E-state index contributed by atoms with van der Waals surface area (Å²) in [5.74, 6) is -0.0526. The number of carbonyl (C=O) groups excluding carboxylic acids is 2. The van der Waals surface area contributed by atoms with Crippen molar-refractivity contribution >= 4 is 17.4 Å². The van der Waals surface area contributed by atoms with Gasteiger partial charge in [0, 0.05) is 17.8 Å². The summed E-state index contributed by atoms with van der Waals surface area (Å²) in [6.45, 7) is 4.39. The largest absolute Gasteiger partial charge is 0.376 e. The summed E-state index contributed by atoms with van der Waals surface area (Å²) in [4.78, 5) is 23.2. The highest BCUT2D eigenvalue weighted by Gasteiger charge is 2.04. The third-order valence-corrected chi connectivity index (χ3v) is 3.70. The maximum absolute atomic E-state index is 11.9. The monoisotopic (exact) mass is 310 g/mol. The molecule has 0 aliphatic carbocycles. The molecular weight excluding hydrogens is 288 g/mol. The van der Waals surface area contributed by atoms with Crippen molar-refractivity contribution in [3.05, 3.63) is 65.2 Å². The molecule has 0 aliphatic rings. The molecule has 0 saturated heterocycles. The summed E-state index contributed by atoms with van der Waals surface area (Å²) in [5.41, 5.74) is 3.89. The number of rotatable bonds is 7. The van der Waals surface area contributed by atoms with Crippen molar-refractivity contribution in [2.45, 2.75) is 20.3 Å². The lowest BCUT2D eigenvalue weighted by molar-refractivity contribution is -0.119. The second-order valence-electron chi connectivity index (χ2n) is 5.52. The van der Waals surface area contributed by atoms with E-state index in [4.69, 9.17) is 0 Å². The van der Waals surface area contributed by atoms with Gasteiger partial charge in [-0.15, -0.1) is 0 Å². The Balaban J connectivity index is 1.76. The summed E-state index contributed by atoms with van der Waals surface area (Å²) < 4.78 is 0. The second-order valence-corrected chi connectivity index (χ2v) is 5.52. The molecule has 0 heterocycles. The molecule has 4 heteroatoms. The van der Waals surface area contributed by atoms with Gasteiger partial charge in [-0.3, -0.25) is 9.59 Å². The summed E-state index contributed by atoms with van der Waals surface area (Å²) in [6, 6.07) is 15.3. The first-order valence-electron chi connectivity index (χ1n) is 7.72. The molecule has 0 aliphatic heterocycles. The van der Waals surface area contributed by atoms with E-state index in [0.717, 1.165) is 12.1 Å². The van der Waals surface area contributed by atoms with Crippen LogP contribution in [0.15, 0.2) is 48.5 Å². The number of ketones is 1. The SMILES string of the molecule is CC(=O)c1cccc(NCC(=O)NCCc2ccccc2C)c1. The lowest BCUT2D eigenvalue weighted by atomic mass is 10.1. The Bertz CT molecular complexity index is 695. The molecule has 0 fully saturated rings. The number of aryl methyl sites for hydroxylation is 1. The number of benzene rings is 2. The Labute approximate surface area is 136 Å². The van der Waals surface area contributed by atoms with E-state index in [1.165, 1.54) is 18.1 Å². The normalized spacial score (nSPS) is 10.2. The minimum Gasteiger partial charge on any atom is -0.376 e. The molecule has 0 unspecified atom stereocenters. The molecule has 2 aromatic rings. The first kappa shape index (κ1) is 16.7. The molecule has 0 aromatic heterocycles. The fraction of sp³-hybridized carbons (Fsp3) is 0.263. The molecule has 23 heavy (non-hydrogen) atoms. The van der Waals surface area contributed by atoms with Gasteiger partial charge < -0.3 is 10.6 Å². The average Bonchev–Trinajstić information content (AvgIpc) is 2.55. The van der Waals surface area contributed by atoms with Crippen molar-refractivity contribution in [1.82, 2.24) is 5.32 Å². The van der Waals surface area contributed by atoms with Gasteiger partial charge in [0.25, 0.3) is 0 Å². The highest BCUT2D eigenvalue weighted by atomic mass is 16.2. The zero-order valence-electron chi connectivity index (χ0n) is 13.6. The van der Waals surface area contributed by atoms with E-state index in [9.17, 15) is 9.59 Å². The molecular formula is C19H22N2O2. The van der Waals surface area contributed by atoms with Gasteiger partial charge in [-0.05, 0) is 43.5 Å². The number of hydrogen-bond donors (Lipinski definition) is 2. The quantitative estimate of drug-likeness (QED) is 0.773. The van der Waals surface area contributed by atoms with Crippen LogP contribution in [-0.4, -0.2) is 24.8 Å². The van der Waals surface area contributed by atoms with E-state index >= 15 is 0 Å². The number of anilines is 1. The smallest absolute Gasteiger partial charge is 0.239 e. The van der Waals surface area contributed by atoms with Gasteiger partial charge in [0.05, 0.1) is 6.54 Å². The van der Waals surface area contributed by atoms with E-state index < -0.39 is 0 Å². The van der Waals surface area contributed by atoms with Crippen molar-refractivity contribution in [2.75, 3.05) is 18.4 Å². The Morgan fingerprint density at radius 1 is 1.04 bits per heavy atom. The summed E-state index contributed by atoms with van der Waals surface area (Å²) in [7, 11) is 0. The van der Waals surface area contributed by atoms with Crippen LogP contribution in [0.3, 0.4) is 0 Å². The van der Waals surface area contributed by atoms with Crippen LogP contribution in [0.4, 0.5) is 5.69 Å². The third kappa shape index (κ3) is 5.25. The van der Waals surface area contributed by atoms with Crippen molar-refractivity contribution in [2.24, 2.45) is 0 Å². The Morgan fingerprint density at radius 3 is 2.57 bits per heavy atom. The van der Waals surface area contributed by atoms with Gasteiger partial charge in [-0.25, -0.2) is 0 Å². The third-order valence-electron chi connectivity index (χ3n) is 3.70. The highest BCUT2D eigenvalue weighted by molar-refractivity contribution is 5.95. The fourth-order valence-corrected chi connectivity index (χ4v) is 2.32. The van der Waals surface area contributed by atoms with Gasteiger partial charge in [0.1, 0.15) is 0 Å². The van der Waals surface area contributed by atoms with Crippen molar-refractivity contribution < 1.29 is 9.59 Å². The minimum atomic E-state index is -0.0631. The molecule has 120 valence electrons. The molecule has 0 radical (unpaired) electrons. The first-order valence-corrected chi connectivity index (χ1v) is 7.72. The van der Waals surface area contributed by atoms with Gasteiger partial charge in [-0.1, -0.05) is 36.4 Å². The van der Waals surface area contributed by atoms with Crippen LogP contribution in [-0.2, 0) is 11.2 Å². The Morgan fingerprint density at radius 2 is 1.83 bits per heavy atom. The lowest BCUT2D eigenvalue weighted by Gasteiger charge is -2.09. The highest BCUT2D eigenvalue weighted by Crippen LogP contribution is 2.10. The van der Waals surface area contributed by atoms with Gasteiger partial charge >= 0.3 is 0 Å². The molecule has 4 nitrogen and oxygen atoms in total. The predicted octanol–water partition coefficient (Wildman–Crippen LogP) is 2.97. The van der Waals surface area contributed by atoms with Gasteiger partial charge in [-0.2, -0.15) is 0 Å².